The number of aromatic nitrogens is 3. The Morgan fingerprint density at radius 3 is 2.67 bits per heavy atom. The maximum atomic E-state index is 5.66. The summed E-state index contributed by atoms with van der Waals surface area (Å²) < 4.78 is 5.66. The van der Waals surface area contributed by atoms with Gasteiger partial charge in [0.15, 0.2) is 5.82 Å². The lowest BCUT2D eigenvalue weighted by Gasteiger charge is -2.30. The molecule has 0 radical (unpaired) electrons. The number of furan rings is 1. The Bertz CT molecular complexity index is 605. The smallest absolute Gasteiger partial charge is 0.153 e. The van der Waals surface area contributed by atoms with Crippen LogP contribution in [-0.2, 0) is 6.54 Å². The summed E-state index contributed by atoms with van der Waals surface area (Å²) in [4.78, 5) is 7.17. The van der Waals surface area contributed by atoms with Crippen LogP contribution in [0, 0.1) is 6.92 Å². The molecule has 2 aromatic heterocycles. The van der Waals surface area contributed by atoms with E-state index in [-0.39, 0.29) is 0 Å². The summed E-state index contributed by atoms with van der Waals surface area (Å²) in [6.07, 6.45) is 4.83. The summed E-state index contributed by atoms with van der Waals surface area (Å²) in [6, 6.07) is 4.12. The van der Waals surface area contributed by atoms with Gasteiger partial charge in [0.25, 0.3) is 0 Å². The first kappa shape index (κ1) is 13.1. The average Bonchev–Trinajstić information content (AvgIpc) is 3.09. The van der Waals surface area contributed by atoms with E-state index in [0.717, 1.165) is 55.6 Å². The van der Waals surface area contributed by atoms with Crippen molar-refractivity contribution in [2.24, 2.45) is 0 Å². The van der Waals surface area contributed by atoms with E-state index >= 15 is 0 Å². The van der Waals surface area contributed by atoms with Crippen molar-refractivity contribution in [3.63, 3.8) is 0 Å². The van der Waals surface area contributed by atoms with Gasteiger partial charge in [0, 0.05) is 11.8 Å². The van der Waals surface area contributed by atoms with Crippen LogP contribution in [0.3, 0.4) is 0 Å². The van der Waals surface area contributed by atoms with Gasteiger partial charge in [0.05, 0.1) is 6.54 Å². The summed E-state index contributed by atoms with van der Waals surface area (Å²) in [5, 5.41) is 7.54. The summed E-state index contributed by atoms with van der Waals surface area (Å²) in [5.74, 6) is 5.39. The molecule has 5 heteroatoms. The zero-order chi connectivity index (χ0) is 14.2. The van der Waals surface area contributed by atoms with Crippen molar-refractivity contribution in [2.45, 2.75) is 51.0 Å². The van der Waals surface area contributed by atoms with Crippen LogP contribution in [0.5, 0.6) is 0 Å². The Hall–Kier alpha value is -1.62. The largest absolute Gasteiger partial charge is 0.465 e. The normalized spacial score (nSPS) is 21.0. The lowest BCUT2D eigenvalue weighted by Crippen LogP contribution is -2.32. The molecule has 112 valence electrons. The maximum absolute atomic E-state index is 5.66. The minimum absolute atomic E-state index is 0.541. The Balaban J connectivity index is 1.33. The zero-order valence-electron chi connectivity index (χ0n) is 12.5. The van der Waals surface area contributed by atoms with Gasteiger partial charge in [0.1, 0.15) is 17.3 Å². The number of hydrogen-bond donors (Lipinski definition) is 1. The zero-order valence-corrected chi connectivity index (χ0v) is 12.5. The van der Waals surface area contributed by atoms with Crippen molar-refractivity contribution in [3.05, 3.63) is 35.3 Å². The van der Waals surface area contributed by atoms with Gasteiger partial charge in [-0.2, -0.15) is 5.10 Å². The summed E-state index contributed by atoms with van der Waals surface area (Å²) in [5.41, 5.74) is 0. The van der Waals surface area contributed by atoms with E-state index in [1.165, 1.54) is 12.8 Å². The molecule has 1 saturated heterocycles. The molecule has 2 fully saturated rings. The van der Waals surface area contributed by atoms with E-state index in [4.69, 9.17) is 9.40 Å². The molecule has 0 bridgehead atoms. The van der Waals surface area contributed by atoms with Crippen LogP contribution in [0.15, 0.2) is 16.5 Å². The molecule has 1 N–H and O–H groups in total. The molecule has 2 aliphatic rings. The molecular formula is C16H22N4O. The quantitative estimate of drug-likeness (QED) is 0.938. The van der Waals surface area contributed by atoms with Crippen LogP contribution in [0.2, 0.25) is 0 Å². The molecule has 1 saturated carbocycles. The lowest BCUT2D eigenvalue weighted by atomic mass is 9.96. The fraction of sp³-hybridized carbons (Fsp3) is 0.625. The summed E-state index contributed by atoms with van der Waals surface area (Å²) in [7, 11) is 0. The van der Waals surface area contributed by atoms with Crippen LogP contribution >= 0.6 is 0 Å². The first-order chi connectivity index (χ1) is 10.3. The highest BCUT2D eigenvalue weighted by atomic mass is 16.3. The molecule has 0 unspecified atom stereocenters. The van der Waals surface area contributed by atoms with Crippen LogP contribution in [0.4, 0.5) is 0 Å². The van der Waals surface area contributed by atoms with Crippen molar-refractivity contribution < 1.29 is 4.42 Å². The number of nitrogens with zero attached hydrogens (tertiary/aromatic N) is 3. The topological polar surface area (TPSA) is 58.0 Å². The number of piperidine rings is 1. The minimum Gasteiger partial charge on any atom is -0.465 e. The van der Waals surface area contributed by atoms with Crippen molar-refractivity contribution >= 4 is 0 Å². The Morgan fingerprint density at radius 1 is 1.19 bits per heavy atom. The van der Waals surface area contributed by atoms with Gasteiger partial charge in [-0.15, -0.1) is 0 Å². The van der Waals surface area contributed by atoms with Crippen molar-refractivity contribution in [1.29, 1.82) is 0 Å². The number of aromatic amines is 1. The van der Waals surface area contributed by atoms with Gasteiger partial charge in [0.2, 0.25) is 0 Å². The van der Waals surface area contributed by atoms with Gasteiger partial charge in [-0.3, -0.25) is 10.00 Å². The molecule has 0 atom stereocenters. The van der Waals surface area contributed by atoms with E-state index in [1.54, 1.807) is 0 Å². The third kappa shape index (κ3) is 2.88. The molecule has 0 aromatic carbocycles. The highest BCUT2D eigenvalue weighted by Gasteiger charge is 2.30. The van der Waals surface area contributed by atoms with Crippen molar-refractivity contribution in [2.75, 3.05) is 13.1 Å². The van der Waals surface area contributed by atoms with Crippen LogP contribution < -0.4 is 0 Å². The standard InChI is InChI=1S/C16H22N4O/c1-11-2-5-14(21-11)10-20-8-6-13(7-9-20)16-17-15(18-19-16)12-3-4-12/h2,5,12-13H,3-4,6-10H2,1H3,(H,17,18,19). The monoisotopic (exact) mass is 286 g/mol. The van der Waals surface area contributed by atoms with E-state index < -0.39 is 0 Å². The molecule has 4 rings (SSSR count). The number of aryl methyl sites for hydroxylation is 1. The molecule has 1 aliphatic heterocycles. The second-order valence-electron chi connectivity index (χ2n) is 6.42. The number of hydrogen-bond acceptors (Lipinski definition) is 4. The molecule has 5 nitrogen and oxygen atoms in total. The van der Waals surface area contributed by atoms with E-state index in [1.807, 2.05) is 13.0 Å². The molecule has 1 aliphatic carbocycles. The maximum Gasteiger partial charge on any atom is 0.153 e. The van der Waals surface area contributed by atoms with E-state index in [2.05, 4.69) is 21.2 Å². The Morgan fingerprint density at radius 2 is 2.00 bits per heavy atom. The number of rotatable bonds is 4. The molecule has 0 spiro atoms. The first-order valence-electron chi connectivity index (χ1n) is 7.98. The Labute approximate surface area is 124 Å². The van der Waals surface area contributed by atoms with Crippen LogP contribution in [0.1, 0.15) is 60.7 Å². The molecule has 3 heterocycles. The highest BCUT2D eigenvalue weighted by Crippen LogP contribution is 2.38. The Kier molecular flexibility index (Phi) is 3.30. The SMILES string of the molecule is Cc1ccc(CN2CCC(c3nc(C4CC4)n[nH]3)CC2)o1. The minimum atomic E-state index is 0.541. The summed E-state index contributed by atoms with van der Waals surface area (Å²) >= 11 is 0. The van der Waals surface area contributed by atoms with Gasteiger partial charge in [-0.05, 0) is 57.8 Å². The fourth-order valence-electron chi connectivity index (χ4n) is 3.15. The molecule has 0 amide bonds. The number of H-pyrrole nitrogens is 1. The third-order valence-electron chi connectivity index (χ3n) is 4.61. The lowest BCUT2D eigenvalue weighted by molar-refractivity contribution is 0.187. The van der Waals surface area contributed by atoms with E-state index in [0.29, 0.717) is 11.8 Å². The van der Waals surface area contributed by atoms with Gasteiger partial charge >= 0.3 is 0 Å². The fourth-order valence-corrected chi connectivity index (χ4v) is 3.15. The van der Waals surface area contributed by atoms with Crippen LogP contribution in [-0.4, -0.2) is 33.2 Å². The molecular weight excluding hydrogens is 264 g/mol. The molecule has 2 aromatic rings. The van der Waals surface area contributed by atoms with Gasteiger partial charge < -0.3 is 4.42 Å². The van der Waals surface area contributed by atoms with Gasteiger partial charge in [-0.1, -0.05) is 0 Å². The third-order valence-corrected chi connectivity index (χ3v) is 4.61. The second-order valence-corrected chi connectivity index (χ2v) is 6.42. The molecule has 21 heavy (non-hydrogen) atoms. The second kappa shape index (κ2) is 5.30. The average molecular weight is 286 g/mol. The first-order valence-corrected chi connectivity index (χ1v) is 7.98. The number of likely N-dealkylation sites (tertiary alicyclic amines) is 1. The van der Waals surface area contributed by atoms with E-state index in [9.17, 15) is 0 Å². The predicted octanol–water partition coefficient (Wildman–Crippen LogP) is 2.96. The van der Waals surface area contributed by atoms with Crippen molar-refractivity contribution in [1.82, 2.24) is 20.1 Å². The predicted molar refractivity (Wildman–Crippen MR) is 79.1 cm³/mol. The summed E-state index contributed by atoms with van der Waals surface area (Å²) in [6.45, 7) is 5.12. The highest BCUT2D eigenvalue weighted by molar-refractivity contribution is 5.09. The van der Waals surface area contributed by atoms with Crippen LogP contribution in [0.25, 0.3) is 0 Å². The number of nitrogens with one attached hydrogen (secondary N) is 1. The van der Waals surface area contributed by atoms with Crippen molar-refractivity contribution in [3.8, 4) is 0 Å². The van der Waals surface area contributed by atoms with Gasteiger partial charge in [-0.25, -0.2) is 4.98 Å².